The highest BCUT2D eigenvalue weighted by atomic mass is 16.7. The Morgan fingerprint density at radius 3 is 2.64 bits per heavy atom. The summed E-state index contributed by atoms with van der Waals surface area (Å²) in [4.78, 5) is 0. The van der Waals surface area contributed by atoms with Crippen LogP contribution in [0.4, 0.5) is 5.69 Å². The molecule has 0 spiro atoms. The molecule has 0 atom stereocenters. The van der Waals surface area contributed by atoms with Crippen LogP contribution in [0.2, 0.25) is 0 Å². The minimum absolute atomic E-state index is 0.0876. The van der Waals surface area contributed by atoms with Gasteiger partial charge in [0.2, 0.25) is 0 Å². The SMILES string of the molecule is Nc1cc(C2OCCCO2)ccc1O. The van der Waals surface area contributed by atoms with Crippen LogP contribution >= 0.6 is 0 Å². The number of aromatic hydroxyl groups is 1. The summed E-state index contributed by atoms with van der Waals surface area (Å²) in [5.41, 5.74) is 6.76. The lowest BCUT2D eigenvalue weighted by atomic mass is 10.1. The van der Waals surface area contributed by atoms with E-state index in [0.29, 0.717) is 18.9 Å². The molecule has 1 aliphatic rings. The van der Waals surface area contributed by atoms with Crippen LogP contribution in [0.15, 0.2) is 18.2 Å². The van der Waals surface area contributed by atoms with E-state index in [2.05, 4.69) is 0 Å². The first-order chi connectivity index (χ1) is 6.77. The van der Waals surface area contributed by atoms with Crippen molar-refractivity contribution in [3.8, 4) is 5.75 Å². The molecule has 14 heavy (non-hydrogen) atoms. The van der Waals surface area contributed by atoms with Gasteiger partial charge in [0, 0.05) is 5.56 Å². The second-order valence-corrected chi connectivity index (χ2v) is 3.25. The molecule has 0 aromatic heterocycles. The summed E-state index contributed by atoms with van der Waals surface area (Å²) in [6.45, 7) is 1.40. The van der Waals surface area contributed by atoms with Gasteiger partial charge in [0.05, 0.1) is 18.9 Å². The molecule has 0 amide bonds. The second kappa shape index (κ2) is 3.86. The van der Waals surface area contributed by atoms with Crippen LogP contribution < -0.4 is 5.73 Å². The van der Waals surface area contributed by atoms with Crippen LogP contribution in [-0.4, -0.2) is 18.3 Å². The van der Waals surface area contributed by atoms with Gasteiger partial charge in [0.25, 0.3) is 0 Å². The Hall–Kier alpha value is -1.26. The number of nitrogens with two attached hydrogens (primary N) is 1. The number of rotatable bonds is 1. The van der Waals surface area contributed by atoms with Gasteiger partial charge in [-0.25, -0.2) is 0 Å². The number of phenolic OH excluding ortho intramolecular Hbond substituents is 1. The van der Waals surface area contributed by atoms with E-state index >= 15 is 0 Å². The average molecular weight is 195 g/mol. The van der Waals surface area contributed by atoms with Crippen molar-refractivity contribution in [2.24, 2.45) is 0 Å². The molecule has 1 aromatic rings. The highest BCUT2D eigenvalue weighted by Gasteiger charge is 2.16. The molecule has 76 valence electrons. The zero-order valence-corrected chi connectivity index (χ0v) is 7.77. The zero-order valence-electron chi connectivity index (χ0n) is 7.77. The molecule has 0 bridgehead atoms. The number of hydrogen-bond acceptors (Lipinski definition) is 4. The van der Waals surface area contributed by atoms with E-state index in [1.165, 1.54) is 0 Å². The van der Waals surface area contributed by atoms with E-state index in [1.807, 2.05) is 0 Å². The largest absolute Gasteiger partial charge is 0.506 e. The van der Waals surface area contributed by atoms with Gasteiger partial charge < -0.3 is 20.3 Å². The fourth-order valence-electron chi connectivity index (χ4n) is 1.40. The van der Waals surface area contributed by atoms with Crippen molar-refractivity contribution in [1.82, 2.24) is 0 Å². The predicted octanol–water partition coefficient (Wildman–Crippen LogP) is 1.41. The van der Waals surface area contributed by atoms with Gasteiger partial charge in [0.1, 0.15) is 5.75 Å². The Balaban J connectivity index is 2.18. The Bertz CT molecular complexity index is 321. The van der Waals surface area contributed by atoms with E-state index in [1.54, 1.807) is 18.2 Å². The summed E-state index contributed by atoms with van der Waals surface area (Å²) in [7, 11) is 0. The first-order valence-corrected chi connectivity index (χ1v) is 4.59. The van der Waals surface area contributed by atoms with E-state index < -0.39 is 0 Å². The summed E-state index contributed by atoms with van der Waals surface area (Å²) in [6, 6.07) is 4.97. The average Bonchev–Trinajstić information content (AvgIpc) is 2.23. The Morgan fingerprint density at radius 1 is 1.29 bits per heavy atom. The molecule has 0 aliphatic carbocycles. The lowest BCUT2D eigenvalue weighted by Crippen LogP contribution is -2.17. The van der Waals surface area contributed by atoms with Crippen LogP contribution in [0.25, 0.3) is 0 Å². The quantitative estimate of drug-likeness (QED) is 0.525. The minimum atomic E-state index is -0.341. The van der Waals surface area contributed by atoms with Gasteiger partial charge in [-0.2, -0.15) is 0 Å². The van der Waals surface area contributed by atoms with Gasteiger partial charge in [-0.3, -0.25) is 0 Å². The smallest absolute Gasteiger partial charge is 0.183 e. The normalized spacial score (nSPS) is 18.3. The summed E-state index contributed by atoms with van der Waals surface area (Å²) in [5.74, 6) is 0.0876. The molecule has 4 heteroatoms. The van der Waals surface area contributed by atoms with Gasteiger partial charge >= 0.3 is 0 Å². The van der Waals surface area contributed by atoms with Gasteiger partial charge in [0.15, 0.2) is 6.29 Å². The van der Waals surface area contributed by atoms with E-state index in [4.69, 9.17) is 15.2 Å². The molecule has 1 fully saturated rings. The predicted molar refractivity (Wildman–Crippen MR) is 51.8 cm³/mol. The number of ether oxygens (including phenoxy) is 2. The molecule has 0 unspecified atom stereocenters. The van der Waals surface area contributed by atoms with E-state index in [-0.39, 0.29) is 12.0 Å². The molecule has 3 N–H and O–H groups in total. The fraction of sp³-hybridized carbons (Fsp3) is 0.400. The number of phenols is 1. The second-order valence-electron chi connectivity index (χ2n) is 3.25. The van der Waals surface area contributed by atoms with Crippen molar-refractivity contribution in [3.63, 3.8) is 0 Å². The van der Waals surface area contributed by atoms with Crippen molar-refractivity contribution in [3.05, 3.63) is 23.8 Å². The zero-order chi connectivity index (χ0) is 9.97. The first-order valence-electron chi connectivity index (χ1n) is 4.59. The van der Waals surface area contributed by atoms with Crippen molar-refractivity contribution >= 4 is 5.69 Å². The Labute approximate surface area is 82.2 Å². The van der Waals surface area contributed by atoms with Crippen molar-refractivity contribution in [2.45, 2.75) is 12.7 Å². The maximum Gasteiger partial charge on any atom is 0.183 e. The Morgan fingerprint density at radius 2 is 2.00 bits per heavy atom. The summed E-state index contributed by atoms with van der Waals surface area (Å²) >= 11 is 0. The van der Waals surface area contributed by atoms with E-state index in [9.17, 15) is 5.11 Å². The molecule has 1 saturated heterocycles. The molecule has 1 heterocycles. The summed E-state index contributed by atoms with van der Waals surface area (Å²) in [5, 5.41) is 9.24. The molecule has 4 nitrogen and oxygen atoms in total. The highest BCUT2D eigenvalue weighted by Crippen LogP contribution is 2.28. The molecule has 0 saturated carbocycles. The topological polar surface area (TPSA) is 64.7 Å². The fourth-order valence-corrected chi connectivity index (χ4v) is 1.40. The van der Waals surface area contributed by atoms with Crippen LogP contribution in [-0.2, 0) is 9.47 Å². The maximum atomic E-state index is 9.24. The lowest BCUT2D eigenvalue weighted by molar-refractivity contribution is -0.183. The molecular weight excluding hydrogens is 182 g/mol. The number of anilines is 1. The van der Waals surface area contributed by atoms with Crippen LogP contribution in [0.5, 0.6) is 5.75 Å². The lowest BCUT2D eigenvalue weighted by Gasteiger charge is -2.23. The Kier molecular flexibility index (Phi) is 2.56. The third kappa shape index (κ3) is 1.81. The van der Waals surface area contributed by atoms with Crippen LogP contribution in [0.3, 0.4) is 0 Å². The van der Waals surface area contributed by atoms with Crippen LogP contribution in [0.1, 0.15) is 18.3 Å². The molecule has 1 aromatic carbocycles. The number of benzene rings is 1. The monoisotopic (exact) mass is 195 g/mol. The third-order valence-corrected chi connectivity index (χ3v) is 2.15. The molecule has 2 rings (SSSR count). The van der Waals surface area contributed by atoms with E-state index in [0.717, 1.165) is 12.0 Å². The number of nitrogen functional groups attached to an aromatic ring is 1. The molecular formula is C10H13NO3. The molecule has 1 aliphatic heterocycles. The summed E-state index contributed by atoms with van der Waals surface area (Å²) < 4.78 is 10.8. The standard InChI is InChI=1S/C10H13NO3/c11-8-6-7(2-3-9(8)12)10-13-4-1-5-14-10/h2-3,6,10,12H,1,4-5,11H2. The minimum Gasteiger partial charge on any atom is -0.506 e. The first kappa shape index (κ1) is 9.30. The molecule has 0 radical (unpaired) electrons. The highest BCUT2D eigenvalue weighted by molar-refractivity contribution is 5.53. The van der Waals surface area contributed by atoms with Crippen molar-refractivity contribution in [2.75, 3.05) is 18.9 Å². The van der Waals surface area contributed by atoms with Gasteiger partial charge in [-0.15, -0.1) is 0 Å². The number of hydrogen-bond donors (Lipinski definition) is 2. The third-order valence-electron chi connectivity index (χ3n) is 2.15. The van der Waals surface area contributed by atoms with Gasteiger partial charge in [-0.1, -0.05) is 6.07 Å². The van der Waals surface area contributed by atoms with Crippen molar-refractivity contribution < 1.29 is 14.6 Å². The summed E-state index contributed by atoms with van der Waals surface area (Å²) in [6.07, 6.45) is 0.580. The van der Waals surface area contributed by atoms with Gasteiger partial charge in [-0.05, 0) is 18.6 Å². The van der Waals surface area contributed by atoms with Crippen LogP contribution in [0, 0.1) is 0 Å². The maximum absolute atomic E-state index is 9.24. The van der Waals surface area contributed by atoms with Crippen molar-refractivity contribution in [1.29, 1.82) is 0 Å².